The summed E-state index contributed by atoms with van der Waals surface area (Å²) >= 11 is 0. The highest BCUT2D eigenvalue weighted by atomic mass is 16.5. The largest absolute Gasteiger partial charge is 0.377 e. The van der Waals surface area contributed by atoms with Crippen molar-refractivity contribution in [1.29, 1.82) is 0 Å². The maximum atomic E-state index is 5.54. The van der Waals surface area contributed by atoms with Crippen LogP contribution in [0.25, 0.3) is 0 Å². The molecule has 0 radical (unpaired) electrons. The van der Waals surface area contributed by atoms with Gasteiger partial charge in [0.05, 0.1) is 12.2 Å². The second-order valence-electron chi connectivity index (χ2n) is 4.01. The van der Waals surface area contributed by atoms with Crippen LogP contribution in [-0.4, -0.2) is 38.0 Å². The Kier molecular flexibility index (Phi) is 3.19. The van der Waals surface area contributed by atoms with Crippen molar-refractivity contribution in [3.63, 3.8) is 0 Å². The number of nitrogens with one attached hydrogen (secondary N) is 1. The molecular weight excluding hydrogens is 166 g/mol. The van der Waals surface area contributed by atoms with Crippen LogP contribution in [0, 0.1) is 0 Å². The summed E-state index contributed by atoms with van der Waals surface area (Å²) < 4.78 is 11.0. The van der Waals surface area contributed by atoms with E-state index in [0.717, 1.165) is 26.2 Å². The summed E-state index contributed by atoms with van der Waals surface area (Å²) in [7, 11) is 0. The van der Waals surface area contributed by atoms with E-state index in [9.17, 15) is 0 Å². The first kappa shape index (κ1) is 9.44. The fourth-order valence-electron chi connectivity index (χ4n) is 2.09. The highest BCUT2D eigenvalue weighted by molar-refractivity contribution is 4.80. The Morgan fingerprint density at radius 2 is 2.15 bits per heavy atom. The molecule has 0 aromatic carbocycles. The molecule has 2 aliphatic rings. The van der Waals surface area contributed by atoms with E-state index < -0.39 is 0 Å². The fraction of sp³-hybridized carbons (Fsp3) is 1.00. The maximum absolute atomic E-state index is 5.54. The number of hydrogen-bond donors (Lipinski definition) is 1. The predicted molar refractivity (Wildman–Crippen MR) is 50.8 cm³/mol. The molecule has 3 heteroatoms. The molecule has 2 fully saturated rings. The second kappa shape index (κ2) is 4.40. The smallest absolute Gasteiger partial charge is 0.0700 e. The third-order valence-corrected chi connectivity index (χ3v) is 3.01. The average molecular weight is 185 g/mol. The van der Waals surface area contributed by atoms with Gasteiger partial charge in [0.15, 0.2) is 0 Å². The lowest BCUT2D eigenvalue weighted by Crippen LogP contribution is -2.39. The van der Waals surface area contributed by atoms with Crippen molar-refractivity contribution in [3.05, 3.63) is 0 Å². The monoisotopic (exact) mass is 185 g/mol. The van der Waals surface area contributed by atoms with Gasteiger partial charge in [0.25, 0.3) is 0 Å². The molecule has 76 valence electrons. The van der Waals surface area contributed by atoms with Crippen molar-refractivity contribution in [2.24, 2.45) is 0 Å². The van der Waals surface area contributed by atoms with E-state index in [1.807, 2.05) is 0 Å². The average Bonchev–Trinajstić information content (AvgIpc) is 2.72. The standard InChI is InChI=1S/C10H19NO2/c1-8-10(4-6-12-8)11-7-9-3-2-5-13-9/h8-11H,2-7H2,1H3. The summed E-state index contributed by atoms with van der Waals surface area (Å²) in [6, 6.07) is 0.546. The van der Waals surface area contributed by atoms with E-state index >= 15 is 0 Å². The Bertz CT molecular complexity index is 157. The summed E-state index contributed by atoms with van der Waals surface area (Å²) in [5.74, 6) is 0. The molecule has 13 heavy (non-hydrogen) atoms. The normalized spacial score (nSPS) is 39.9. The van der Waals surface area contributed by atoms with Crippen LogP contribution in [0.1, 0.15) is 26.2 Å². The molecular formula is C10H19NO2. The van der Waals surface area contributed by atoms with E-state index in [0.29, 0.717) is 18.2 Å². The van der Waals surface area contributed by atoms with Crippen molar-refractivity contribution < 1.29 is 9.47 Å². The van der Waals surface area contributed by atoms with E-state index in [2.05, 4.69) is 12.2 Å². The van der Waals surface area contributed by atoms with Crippen LogP contribution in [0.3, 0.4) is 0 Å². The van der Waals surface area contributed by atoms with Crippen LogP contribution in [0.5, 0.6) is 0 Å². The van der Waals surface area contributed by atoms with Crippen molar-refractivity contribution >= 4 is 0 Å². The summed E-state index contributed by atoms with van der Waals surface area (Å²) in [6.45, 7) is 4.99. The van der Waals surface area contributed by atoms with Gasteiger partial charge in [-0.05, 0) is 26.2 Å². The minimum atomic E-state index is 0.376. The van der Waals surface area contributed by atoms with Gasteiger partial charge < -0.3 is 14.8 Å². The Morgan fingerprint density at radius 3 is 2.77 bits per heavy atom. The Morgan fingerprint density at radius 1 is 1.23 bits per heavy atom. The molecule has 3 atom stereocenters. The van der Waals surface area contributed by atoms with Crippen LogP contribution in [0.4, 0.5) is 0 Å². The molecule has 2 saturated heterocycles. The number of hydrogen-bond acceptors (Lipinski definition) is 3. The Hall–Kier alpha value is -0.120. The van der Waals surface area contributed by atoms with Gasteiger partial charge >= 0.3 is 0 Å². The van der Waals surface area contributed by atoms with Gasteiger partial charge in [-0.2, -0.15) is 0 Å². The number of ether oxygens (including phenoxy) is 2. The Labute approximate surface area is 79.8 Å². The molecule has 0 amide bonds. The predicted octanol–water partition coefficient (Wildman–Crippen LogP) is 0.932. The quantitative estimate of drug-likeness (QED) is 0.709. The summed E-state index contributed by atoms with van der Waals surface area (Å²) in [5.41, 5.74) is 0. The van der Waals surface area contributed by atoms with Gasteiger partial charge in [0, 0.05) is 25.8 Å². The van der Waals surface area contributed by atoms with Crippen molar-refractivity contribution in [2.45, 2.75) is 44.4 Å². The zero-order valence-electron chi connectivity index (χ0n) is 8.29. The van der Waals surface area contributed by atoms with Gasteiger partial charge in [-0.15, -0.1) is 0 Å². The van der Waals surface area contributed by atoms with Gasteiger partial charge in [0.2, 0.25) is 0 Å². The lowest BCUT2D eigenvalue weighted by Gasteiger charge is -2.18. The summed E-state index contributed by atoms with van der Waals surface area (Å²) in [6.07, 6.45) is 4.42. The van der Waals surface area contributed by atoms with Crippen molar-refractivity contribution in [3.8, 4) is 0 Å². The first-order valence-corrected chi connectivity index (χ1v) is 5.33. The maximum Gasteiger partial charge on any atom is 0.0700 e. The third kappa shape index (κ3) is 2.42. The molecule has 0 aromatic rings. The molecule has 2 aliphatic heterocycles. The lowest BCUT2D eigenvalue weighted by molar-refractivity contribution is 0.0925. The molecule has 3 nitrogen and oxygen atoms in total. The van der Waals surface area contributed by atoms with Crippen molar-refractivity contribution in [1.82, 2.24) is 5.32 Å². The van der Waals surface area contributed by atoms with E-state index in [4.69, 9.17) is 9.47 Å². The van der Waals surface area contributed by atoms with Crippen LogP contribution >= 0.6 is 0 Å². The van der Waals surface area contributed by atoms with Crippen LogP contribution < -0.4 is 5.32 Å². The van der Waals surface area contributed by atoms with E-state index in [1.54, 1.807) is 0 Å². The highest BCUT2D eigenvalue weighted by Gasteiger charge is 2.25. The first-order chi connectivity index (χ1) is 6.36. The molecule has 1 N–H and O–H groups in total. The highest BCUT2D eigenvalue weighted by Crippen LogP contribution is 2.15. The van der Waals surface area contributed by atoms with Crippen LogP contribution in [0.2, 0.25) is 0 Å². The summed E-state index contributed by atoms with van der Waals surface area (Å²) in [4.78, 5) is 0. The SMILES string of the molecule is CC1OCCC1NCC1CCCO1. The van der Waals surface area contributed by atoms with E-state index in [1.165, 1.54) is 12.8 Å². The molecule has 0 aromatic heterocycles. The van der Waals surface area contributed by atoms with Gasteiger partial charge in [-0.1, -0.05) is 0 Å². The van der Waals surface area contributed by atoms with Crippen LogP contribution in [-0.2, 0) is 9.47 Å². The van der Waals surface area contributed by atoms with E-state index in [-0.39, 0.29) is 0 Å². The second-order valence-corrected chi connectivity index (χ2v) is 4.01. The molecule has 0 bridgehead atoms. The molecule has 3 unspecified atom stereocenters. The molecule has 2 rings (SSSR count). The zero-order chi connectivity index (χ0) is 9.10. The molecule has 0 saturated carbocycles. The molecule has 0 spiro atoms. The van der Waals surface area contributed by atoms with Crippen LogP contribution in [0.15, 0.2) is 0 Å². The summed E-state index contributed by atoms with van der Waals surface area (Å²) in [5, 5.41) is 3.52. The van der Waals surface area contributed by atoms with Gasteiger partial charge in [-0.3, -0.25) is 0 Å². The third-order valence-electron chi connectivity index (χ3n) is 3.01. The van der Waals surface area contributed by atoms with Gasteiger partial charge in [0.1, 0.15) is 0 Å². The van der Waals surface area contributed by atoms with Gasteiger partial charge in [-0.25, -0.2) is 0 Å². The first-order valence-electron chi connectivity index (χ1n) is 5.33. The fourth-order valence-corrected chi connectivity index (χ4v) is 2.09. The topological polar surface area (TPSA) is 30.5 Å². The minimum Gasteiger partial charge on any atom is -0.377 e. The van der Waals surface area contributed by atoms with Crippen molar-refractivity contribution in [2.75, 3.05) is 19.8 Å². The molecule has 0 aliphatic carbocycles. The number of rotatable bonds is 3. The minimum absolute atomic E-state index is 0.376. The zero-order valence-corrected chi connectivity index (χ0v) is 8.29. The lowest BCUT2D eigenvalue weighted by atomic mass is 10.1. The molecule has 2 heterocycles. The Balaban J connectivity index is 1.66.